The number of hydrogen-bond acceptors (Lipinski definition) is 3. The Kier molecular flexibility index (Phi) is 6.50. The highest BCUT2D eigenvalue weighted by Gasteiger charge is 2.36. The Balaban J connectivity index is 2.29. The van der Waals surface area contributed by atoms with Crippen LogP contribution in [-0.2, 0) is 14.3 Å². The number of aliphatic carboxylic acids is 1. The Morgan fingerprint density at radius 3 is 2.55 bits per heavy atom. The van der Waals surface area contributed by atoms with Gasteiger partial charge >= 0.3 is 11.9 Å². The first-order valence-electron chi connectivity index (χ1n) is 7.75. The van der Waals surface area contributed by atoms with Crippen molar-refractivity contribution in [2.24, 2.45) is 11.3 Å². The van der Waals surface area contributed by atoms with Crippen molar-refractivity contribution < 1.29 is 19.4 Å². The van der Waals surface area contributed by atoms with E-state index in [4.69, 9.17) is 9.84 Å². The zero-order valence-electron chi connectivity index (χ0n) is 13.0. The van der Waals surface area contributed by atoms with Gasteiger partial charge in [-0.25, -0.2) is 0 Å². The average molecular weight is 284 g/mol. The number of esters is 1. The topological polar surface area (TPSA) is 63.6 Å². The Bertz CT molecular complexity index is 337. The van der Waals surface area contributed by atoms with Crippen LogP contribution in [0, 0.1) is 11.3 Å². The van der Waals surface area contributed by atoms with E-state index in [1.54, 1.807) is 0 Å². The number of carbonyl (C=O) groups is 2. The molecule has 116 valence electrons. The lowest BCUT2D eigenvalue weighted by molar-refractivity contribution is -0.153. The molecule has 20 heavy (non-hydrogen) atoms. The van der Waals surface area contributed by atoms with E-state index in [0.29, 0.717) is 25.2 Å². The Labute approximate surface area is 121 Å². The maximum absolute atomic E-state index is 11.8. The number of unbranched alkanes of at least 4 members (excludes halogenated alkanes) is 1. The highest BCUT2D eigenvalue weighted by Crippen LogP contribution is 2.42. The molecule has 0 bridgehead atoms. The monoisotopic (exact) mass is 284 g/mol. The molecule has 0 aromatic heterocycles. The molecule has 4 nitrogen and oxygen atoms in total. The lowest BCUT2D eigenvalue weighted by Gasteiger charge is -2.40. The van der Waals surface area contributed by atoms with Crippen LogP contribution in [0.4, 0.5) is 0 Å². The number of carboxylic acids is 1. The summed E-state index contributed by atoms with van der Waals surface area (Å²) in [6, 6.07) is 0. The molecule has 1 fully saturated rings. The third-order valence-corrected chi connectivity index (χ3v) is 4.68. The summed E-state index contributed by atoms with van der Waals surface area (Å²) < 4.78 is 5.56. The first kappa shape index (κ1) is 17.0. The van der Waals surface area contributed by atoms with E-state index in [9.17, 15) is 9.59 Å². The fraction of sp³-hybridized carbons (Fsp3) is 0.875. The fourth-order valence-corrected chi connectivity index (χ4v) is 2.87. The van der Waals surface area contributed by atoms with Crippen LogP contribution >= 0.6 is 0 Å². The Morgan fingerprint density at radius 1 is 1.30 bits per heavy atom. The molecule has 2 atom stereocenters. The van der Waals surface area contributed by atoms with E-state index in [1.807, 2.05) is 0 Å². The van der Waals surface area contributed by atoms with Gasteiger partial charge < -0.3 is 9.84 Å². The Morgan fingerprint density at radius 2 is 1.95 bits per heavy atom. The lowest BCUT2D eigenvalue weighted by Crippen LogP contribution is -2.35. The molecule has 1 rings (SSSR count). The zero-order valence-corrected chi connectivity index (χ0v) is 13.0. The van der Waals surface area contributed by atoms with Crippen LogP contribution in [0.25, 0.3) is 0 Å². The van der Waals surface area contributed by atoms with Gasteiger partial charge in [0.25, 0.3) is 0 Å². The molecule has 1 N–H and O–H groups in total. The van der Waals surface area contributed by atoms with Crippen LogP contribution in [-0.4, -0.2) is 23.1 Å². The average Bonchev–Trinajstić information content (AvgIpc) is 2.34. The first-order chi connectivity index (χ1) is 9.33. The standard InChI is InChI=1S/C16H28O4/c1-12(2)16(3)10-6-7-13(11-16)20-15(19)9-5-4-8-14(17)18/h12-13H,4-11H2,1-3H3,(H,17,18). The minimum atomic E-state index is -0.807. The lowest BCUT2D eigenvalue weighted by atomic mass is 9.67. The van der Waals surface area contributed by atoms with Crippen LogP contribution in [0.15, 0.2) is 0 Å². The van der Waals surface area contributed by atoms with Gasteiger partial charge in [0, 0.05) is 12.8 Å². The molecular weight excluding hydrogens is 256 g/mol. The number of carbonyl (C=O) groups excluding carboxylic acids is 1. The van der Waals surface area contributed by atoms with Crippen LogP contribution in [0.3, 0.4) is 0 Å². The Hall–Kier alpha value is -1.06. The number of ether oxygens (including phenoxy) is 1. The summed E-state index contributed by atoms with van der Waals surface area (Å²) in [5, 5.41) is 8.53. The van der Waals surface area contributed by atoms with Gasteiger partial charge in [0.05, 0.1) is 0 Å². The summed E-state index contributed by atoms with van der Waals surface area (Å²) >= 11 is 0. The number of carboxylic acid groups (broad SMARTS) is 1. The zero-order chi connectivity index (χ0) is 15.2. The van der Waals surface area contributed by atoms with E-state index < -0.39 is 5.97 Å². The molecule has 1 saturated carbocycles. The molecule has 0 aromatic carbocycles. The third kappa shape index (κ3) is 5.51. The molecule has 0 aromatic rings. The largest absolute Gasteiger partial charge is 0.481 e. The van der Waals surface area contributed by atoms with Gasteiger partial charge in [-0.1, -0.05) is 20.8 Å². The maximum Gasteiger partial charge on any atom is 0.306 e. The summed E-state index contributed by atoms with van der Waals surface area (Å²) in [7, 11) is 0. The normalized spacial score (nSPS) is 26.5. The van der Waals surface area contributed by atoms with Gasteiger partial charge in [-0.3, -0.25) is 9.59 Å². The molecule has 2 unspecified atom stereocenters. The SMILES string of the molecule is CC(C)C1(C)CCCC(OC(=O)CCCCC(=O)O)C1. The van der Waals surface area contributed by atoms with Crippen molar-refractivity contribution in [2.45, 2.75) is 78.2 Å². The van der Waals surface area contributed by atoms with E-state index >= 15 is 0 Å². The van der Waals surface area contributed by atoms with Gasteiger partial charge in [0.1, 0.15) is 6.10 Å². The minimum absolute atomic E-state index is 0.0446. The van der Waals surface area contributed by atoms with Crippen LogP contribution in [0.5, 0.6) is 0 Å². The van der Waals surface area contributed by atoms with Crippen LogP contribution in [0.1, 0.15) is 72.1 Å². The second-order valence-electron chi connectivity index (χ2n) is 6.62. The van der Waals surface area contributed by atoms with Crippen molar-refractivity contribution in [2.75, 3.05) is 0 Å². The van der Waals surface area contributed by atoms with E-state index in [0.717, 1.165) is 19.3 Å². The van der Waals surface area contributed by atoms with Crippen molar-refractivity contribution in [3.05, 3.63) is 0 Å². The molecule has 0 aliphatic heterocycles. The van der Waals surface area contributed by atoms with Gasteiger partial charge in [-0.05, 0) is 49.9 Å². The molecule has 0 heterocycles. The number of hydrogen-bond donors (Lipinski definition) is 1. The van der Waals surface area contributed by atoms with Crippen LogP contribution in [0.2, 0.25) is 0 Å². The highest BCUT2D eigenvalue weighted by atomic mass is 16.5. The molecule has 0 saturated heterocycles. The molecule has 4 heteroatoms. The van der Waals surface area contributed by atoms with Gasteiger partial charge in [-0.15, -0.1) is 0 Å². The van der Waals surface area contributed by atoms with E-state index in [2.05, 4.69) is 20.8 Å². The van der Waals surface area contributed by atoms with Crippen molar-refractivity contribution in [1.82, 2.24) is 0 Å². The summed E-state index contributed by atoms with van der Waals surface area (Å²) in [6.07, 6.45) is 5.88. The first-order valence-corrected chi connectivity index (χ1v) is 7.75. The summed E-state index contributed by atoms with van der Waals surface area (Å²) in [5.41, 5.74) is 0.270. The maximum atomic E-state index is 11.8. The quantitative estimate of drug-likeness (QED) is 0.571. The fourth-order valence-electron chi connectivity index (χ4n) is 2.87. The number of rotatable bonds is 7. The summed E-state index contributed by atoms with van der Waals surface area (Å²) in [4.78, 5) is 22.1. The molecule has 1 aliphatic rings. The van der Waals surface area contributed by atoms with Crippen molar-refractivity contribution in [3.8, 4) is 0 Å². The summed E-state index contributed by atoms with van der Waals surface area (Å²) in [6.45, 7) is 6.75. The van der Waals surface area contributed by atoms with E-state index in [-0.39, 0.29) is 23.9 Å². The van der Waals surface area contributed by atoms with Gasteiger partial charge in [0.2, 0.25) is 0 Å². The van der Waals surface area contributed by atoms with Crippen molar-refractivity contribution in [1.29, 1.82) is 0 Å². The smallest absolute Gasteiger partial charge is 0.306 e. The second kappa shape index (κ2) is 7.65. The molecule has 0 spiro atoms. The van der Waals surface area contributed by atoms with Gasteiger partial charge in [-0.2, -0.15) is 0 Å². The van der Waals surface area contributed by atoms with Crippen LogP contribution < -0.4 is 0 Å². The second-order valence-corrected chi connectivity index (χ2v) is 6.62. The third-order valence-electron chi connectivity index (χ3n) is 4.68. The van der Waals surface area contributed by atoms with E-state index in [1.165, 1.54) is 6.42 Å². The molecule has 0 amide bonds. The van der Waals surface area contributed by atoms with Crippen molar-refractivity contribution in [3.63, 3.8) is 0 Å². The predicted octanol–water partition coefficient (Wildman–Crippen LogP) is 3.78. The molecule has 0 radical (unpaired) electrons. The molecule has 1 aliphatic carbocycles. The predicted molar refractivity (Wildman–Crippen MR) is 77.4 cm³/mol. The highest BCUT2D eigenvalue weighted by molar-refractivity contribution is 5.70. The summed E-state index contributed by atoms with van der Waals surface area (Å²) in [5.74, 6) is -0.383. The van der Waals surface area contributed by atoms with Gasteiger partial charge in [0.15, 0.2) is 0 Å². The van der Waals surface area contributed by atoms with Crippen molar-refractivity contribution >= 4 is 11.9 Å². The molecular formula is C16H28O4. The minimum Gasteiger partial charge on any atom is -0.481 e.